The molecule has 30 heavy (non-hydrogen) atoms. The van der Waals surface area contributed by atoms with Gasteiger partial charge >= 0.3 is 0 Å². The maximum absolute atomic E-state index is 13.3. The highest BCUT2D eigenvalue weighted by Gasteiger charge is 2.40. The Balaban J connectivity index is 1.87. The third-order valence-electron chi connectivity index (χ3n) is 5.72. The molecule has 0 bridgehead atoms. The normalized spacial score (nSPS) is 17.0. The average Bonchev–Trinajstić information content (AvgIpc) is 3.18. The van der Waals surface area contributed by atoms with Gasteiger partial charge in [-0.3, -0.25) is 9.59 Å². The fourth-order valence-electron chi connectivity index (χ4n) is 4.14. The van der Waals surface area contributed by atoms with Crippen LogP contribution in [0.3, 0.4) is 0 Å². The third kappa shape index (κ3) is 2.96. The van der Waals surface area contributed by atoms with Crippen molar-refractivity contribution < 1.29 is 39.1 Å². The van der Waals surface area contributed by atoms with Gasteiger partial charge in [0.15, 0.2) is 11.6 Å². The minimum Gasteiger partial charge on any atom is -0.507 e. The van der Waals surface area contributed by atoms with Gasteiger partial charge in [-0.2, -0.15) is 0 Å². The number of aromatic hydroxyl groups is 2. The predicted molar refractivity (Wildman–Crippen MR) is 104 cm³/mol. The predicted octanol–water partition coefficient (Wildman–Crippen LogP) is 2.07. The zero-order chi connectivity index (χ0) is 21.6. The topological polar surface area (TPSA) is 123 Å². The number of carbonyl (C=O) groups is 2. The van der Waals surface area contributed by atoms with E-state index in [0.29, 0.717) is 19.6 Å². The lowest BCUT2D eigenvalue weighted by atomic mass is 9.79. The molecule has 2 aromatic rings. The lowest BCUT2D eigenvalue weighted by Gasteiger charge is -2.26. The molecule has 0 amide bonds. The van der Waals surface area contributed by atoms with E-state index in [-0.39, 0.29) is 45.6 Å². The number of carbonyl (C=O) groups excluding carboxylic acids is 2. The second-order valence-corrected chi connectivity index (χ2v) is 7.43. The largest absolute Gasteiger partial charge is 0.507 e. The first kappa shape index (κ1) is 20.3. The van der Waals surface area contributed by atoms with E-state index in [0.717, 1.165) is 0 Å². The fourth-order valence-corrected chi connectivity index (χ4v) is 4.14. The Labute approximate surface area is 172 Å². The molecule has 0 saturated carbocycles. The van der Waals surface area contributed by atoms with Crippen molar-refractivity contribution in [3.63, 3.8) is 0 Å². The molecule has 158 valence electrons. The Morgan fingerprint density at radius 1 is 1.00 bits per heavy atom. The van der Waals surface area contributed by atoms with Crippen LogP contribution in [0.1, 0.15) is 56.3 Å². The molecule has 4 rings (SSSR count). The highest BCUT2D eigenvalue weighted by Crippen LogP contribution is 2.45. The van der Waals surface area contributed by atoms with Crippen LogP contribution in [0.2, 0.25) is 0 Å². The first-order valence-corrected chi connectivity index (χ1v) is 9.57. The quantitative estimate of drug-likeness (QED) is 0.543. The van der Waals surface area contributed by atoms with Gasteiger partial charge < -0.3 is 29.5 Å². The molecule has 0 atom stereocenters. The minimum atomic E-state index is -0.875. The molecule has 3 N–H and O–H groups in total. The van der Waals surface area contributed by atoms with Crippen molar-refractivity contribution in [2.24, 2.45) is 0 Å². The summed E-state index contributed by atoms with van der Waals surface area (Å²) in [7, 11) is 1.38. The van der Waals surface area contributed by atoms with Crippen molar-refractivity contribution in [3.05, 3.63) is 51.6 Å². The lowest BCUT2D eigenvalue weighted by Crippen LogP contribution is -2.27. The molecule has 0 spiro atoms. The van der Waals surface area contributed by atoms with Gasteiger partial charge in [0.05, 0.1) is 43.6 Å². The van der Waals surface area contributed by atoms with E-state index in [4.69, 9.17) is 14.2 Å². The van der Waals surface area contributed by atoms with E-state index in [1.807, 2.05) is 0 Å². The first-order chi connectivity index (χ1) is 14.3. The third-order valence-corrected chi connectivity index (χ3v) is 5.72. The molecular formula is C22H22O8. The highest BCUT2D eigenvalue weighted by molar-refractivity contribution is 6.31. The van der Waals surface area contributed by atoms with Gasteiger partial charge in [0.2, 0.25) is 5.78 Å². The van der Waals surface area contributed by atoms with Crippen LogP contribution in [0.25, 0.3) is 0 Å². The fraction of sp³-hybridized carbons (Fsp3) is 0.364. The number of ether oxygens (including phenoxy) is 3. The average molecular weight is 414 g/mol. The number of ketones is 2. The summed E-state index contributed by atoms with van der Waals surface area (Å²) >= 11 is 0. The minimum absolute atomic E-state index is 0.000318. The monoisotopic (exact) mass is 414 g/mol. The number of phenolic OH excluding ortho intramolecular Hbond substituents is 1. The summed E-state index contributed by atoms with van der Waals surface area (Å²) in [6.07, 6.45) is 0.465. The Morgan fingerprint density at radius 2 is 1.63 bits per heavy atom. The highest BCUT2D eigenvalue weighted by atomic mass is 16.7. The van der Waals surface area contributed by atoms with Crippen LogP contribution in [-0.2, 0) is 22.5 Å². The van der Waals surface area contributed by atoms with Crippen LogP contribution < -0.4 is 4.74 Å². The summed E-state index contributed by atoms with van der Waals surface area (Å²) in [4.78, 5) is 26.4. The number of hydrogen-bond donors (Lipinski definition) is 3. The van der Waals surface area contributed by atoms with Gasteiger partial charge in [0.25, 0.3) is 0 Å². The number of rotatable bonds is 5. The summed E-state index contributed by atoms with van der Waals surface area (Å²) in [6.45, 7) is 2.01. The Kier molecular flexibility index (Phi) is 5.01. The summed E-state index contributed by atoms with van der Waals surface area (Å²) < 4.78 is 16.4. The van der Waals surface area contributed by atoms with E-state index >= 15 is 0 Å². The van der Waals surface area contributed by atoms with E-state index in [2.05, 4.69) is 0 Å². The van der Waals surface area contributed by atoms with E-state index in [1.54, 1.807) is 19.1 Å². The standard InChI is InChI=1S/C22H22O8/c1-22(29-8-9-30-22)7-6-11-13(10-23)20(26)16-17(18(11)24)21(27)15-12(19(16)25)4-3-5-14(15)28-2/h3-5,23-24,26H,6-10H2,1-2H3. The number of aliphatic hydroxyl groups excluding tert-OH is 1. The summed E-state index contributed by atoms with van der Waals surface area (Å²) in [5.74, 6) is -2.88. The van der Waals surface area contributed by atoms with Crippen LogP contribution in [0, 0.1) is 0 Å². The number of phenols is 2. The maximum Gasteiger partial charge on any atom is 0.202 e. The molecular weight excluding hydrogens is 392 g/mol. The molecule has 0 aromatic heterocycles. The smallest absolute Gasteiger partial charge is 0.202 e. The molecule has 1 aliphatic heterocycles. The van der Waals surface area contributed by atoms with Crippen molar-refractivity contribution >= 4 is 11.6 Å². The molecule has 1 saturated heterocycles. The van der Waals surface area contributed by atoms with Crippen molar-refractivity contribution in [2.45, 2.75) is 32.2 Å². The number of methoxy groups -OCH3 is 1. The Morgan fingerprint density at radius 3 is 2.27 bits per heavy atom. The molecule has 1 fully saturated rings. The Bertz CT molecular complexity index is 1050. The van der Waals surface area contributed by atoms with Crippen LogP contribution in [-0.4, -0.2) is 53.0 Å². The molecule has 2 aromatic carbocycles. The molecule has 1 aliphatic carbocycles. The van der Waals surface area contributed by atoms with E-state index in [9.17, 15) is 24.9 Å². The number of fused-ring (bicyclic) bond motifs is 2. The number of aliphatic hydroxyl groups is 1. The zero-order valence-corrected chi connectivity index (χ0v) is 16.7. The molecule has 8 nitrogen and oxygen atoms in total. The van der Waals surface area contributed by atoms with Gasteiger partial charge in [0, 0.05) is 23.1 Å². The molecule has 0 radical (unpaired) electrons. The van der Waals surface area contributed by atoms with Crippen molar-refractivity contribution in [3.8, 4) is 17.2 Å². The SMILES string of the molecule is COc1cccc2c1C(=O)c1c(O)c(CCC3(C)OCCO3)c(CO)c(O)c1C2=O. The Hall–Kier alpha value is -2.94. The summed E-state index contributed by atoms with van der Waals surface area (Å²) in [5.41, 5.74) is -0.331. The lowest BCUT2D eigenvalue weighted by molar-refractivity contribution is -0.146. The molecule has 1 heterocycles. The van der Waals surface area contributed by atoms with Crippen LogP contribution in [0.15, 0.2) is 18.2 Å². The van der Waals surface area contributed by atoms with E-state index in [1.165, 1.54) is 13.2 Å². The summed E-state index contributed by atoms with van der Waals surface area (Å²) in [6, 6.07) is 4.57. The van der Waals surface area contributed by atoms with Gasteiger partial charge in [-0.25, -0.2) is 0 Å². The van der Waals surface area contributed by atoms with Gasteiger partial charge in [-0.05, 0) is 19.4 Å². The van der Waals surface area contributed by atoms with Gasteiger partial charge in [-0.1, -0.05) is 12.1 Å². The van der Waals surface area contributed by atoms with E-state index < -0.39 is 35.5 Å². The second-order valence-electron chi connectivity index (χ2n) is 7.43. The molecule has 0 unspecified atom stereocenters. The zero-order valence-electron chi connectivity index (χ0n) is 16.7. The number of hydrogen-bond acceptors (Lipinski definition) is 8. The summed E-state index contributed by atoms with van der Waals surface area (Å²) in [5, 5.41) is 31.6. The first-order valence-electron chi connectivity index (χ1n) is 9.57. The van der Waals surface area contributed by atoms with Crippen molar-refractivity contribution in [1.82, 2.24) is 0 Å². The van der Waals surface area contributed by atoms with Crippen molar-refractivity contribution in [1.29, 1.82) is 0 Å². The number of benzene rings is 2. The molecule has 8 heteroatoms. The van der Waals surface area contributed by atoms with Gasteiger partial charge in [0.1, 0.15) is 17.2 Å². The van der Waals surface area contributed by atoms with Crippen LogP contribution >= 0.6 is 0 Å². The van der Waals surface area contributed by atoms with Crippen LogP contribution in [0.5, 0.6) is 17.2 Å². The van der Waals surface area contributed by atoms with Crippen LogP contribution in [0.4, 0.5) is 0 Å². The molecule has 2 aliphatic rings. The second kappa shape index (κ2) is 7.39. The van der Waals surface area contributed by atoms with Crippen molar-refractivity contribution in [2.75, 3.05) is 20.3 Å². The van der Waals surface area contributed by atoms with Gasteiger partial charge in [-0.15, -0.1) is 0 Å². The maximum atomic E-state index is 13.3.